The molecule has 0 saturated carbocycles. The minimum Gasteiger partial charge on any atom is -0.484 e. The van der Waals surface area contributed by atoms with Gasteiger partial charge in [0.05, 0.1) is 18.8 Å². The lowest BCUT2D eigenvalue weighted by Gasteiger charge is -2.22. The van der Waals surface area contributed by atoms with Crippen molar-refractivity contribution in [3.63, 3.8) is 0 Å². The minimum absolute atomic E-state index is 0.0117. The van der Waals surface area contributed by atoms with Crippen LogP contribution < -0.4 is 15.0 Å². The van der Waals surface area contributed by atoms with Gasteiger partial charge in [-0.15, -0.1) is 0 Å². The second-order valence-electron chi connectivity index (χ2n) is 9.47. The number of carbonyl (C=O) groups is 3. The largest absolute Gasteiger partial charge is 0.484 e. The fourth-order valence-corrected chi connectivity index (χ4v) is 4.43. The average Bonchev–Trinajstić information content (AvgIpc) is 3.18. The number of benzene rings is 3. The van der Waals surface area contributed by atoms with E-state index in [2.05, 4.69) is 5.32 Å². The smallest absolute Gasteiger partial charge is 0.343 e. The second kappa shape index (κ2) is 11.8. The summed E-state index contributed by atoms with van der Waals surface area (Å²) in [6.45, 7) is 7.55. The van der Waals surface area contributed by atoms with Crippen molar-refractivity contribution >= 4 is 29.4 Å². The van der Waals surface area contributed by atoms with Gasteiger partial charge in [-0.05, 0) is 80.3 Å². The summed E-state index contributed by atoms with van der Waals surface area (Å²) < 4.78 is 10.6. The van der Waals surface area contributed by atoms with Gasteiger partial charge < -0.3 is 19.7 Å². The van der Waals surface area contributed by atoms with Crippen LogP contribution in [0.2, 0.25) is 0 Å². The van der Waals surface area contributed by atoms with Crippen molar-refractivity contribution in [3.05, 3.63) is 112 Å². The number of ether oxygens (including phenoxy) is 2. The molecule has 1 aliphatic heterocycles. The van der Waals surface area contributed by atoms with Crippen LogP contribution in [0.3, 0.4) is 0 Å². The molecule has 1 atom stereocenters. The quantitative estimate of drug-likeness (QED) is 0.240. The Morgan fingerprint density at radius 1 is 0.949 bits per heavy atom. The molecule has 1 N–H and O–H groups in total. The highest BCUT2D eigenvalue weighted by Gasteiger charge is 2.38. The highest BCUT2D eigenvalue weighted by molar-refractivity contribution is 6.30. The number of allylic oxidation sites excluding steroid dienone is 2. The van der Waals surface area contributed by atoms with Crippen LogP contribution >= 0.6 is 0 Å². The third-order valence-electron chi connectivity index (χ3n) is 6.77. The Morgan fingerprint density at radius 2 is 1.64 bits per heavy atom. The number of rotatable bonds is 8. The van der Waals surface area contributed by atoms with Crippen LogP contribution in [0.5, 0.6) is 5.75 Å². The van der Waals surface area contributed by atoms with Gasteiger partial charge in [0.2, 0.25) is 5.78 Å². The molecule has 0 aromatic heterocycles. The summed E-state index contributed by atoms with van der Waals surface area (Å²) in [5.74, 6) is -0.775. The number of nitrogens with zero attached hydrogens (tertiary/aromatic N) is 1. The van der Waals surface area contributed by atoms with Gasteiger partial charge in [-0.3, -0.25) is 9.59 Å². The molecule has 3 aromatic carbocycles. The lowest BCUT2D eigenvalue weighted by Crippen LogP contribution is -2.31. The van der Waals surface area contributed by atoms with E-state index in [0.717, 1.165) is 27.9 Å². The number of ketones is 1. The molecule has 7 nitrogen and oxygen atoms in total. The highest BCUT2D eigenvalue weighted by Crippen LogP contribution is 2.36. The number of carbonyl (C=O) groups excluding carboxylic acids is 3. The molecule has 0 aliphatic carbocycles. The zero-order chi connectivity index (χ0) is 28.1. The van der Waals surface area contributed by atoms with E-state index in [1.807, 2.05) is 69.3 Å². The molecule has 4 rings (SSSR count). The Bertz CT molecular complexity index is 1460. The molecular weight excluding hydrogens is 492 g/mol. The van der Waals surface area contributed by atoms with Crippen molar-refractivity contribution in [2.45, 2.75) is 33.7 Å². The first-order valence-electron chi connectivity index (χ1n) is 12.7. The third-order valence-corrected chi connectivity index (χ3v) is 6.77. The van der Waals surface area contributed by atoms with Crippen molar-refractivity contribution in [2.75, 3.05) is 18.6 Å². The first-order chi connectivity index (χ1) is 18.7. The Kier molecular flexibility index (Phi) is 8.30. The first kappa shape index (κ1) is 27.4. The standard InChI is InChI=1S/C32H32N2O5/c1-20-11-14-26(17-21(20)2)34-23(4)30(32(37)38-5)31(36)28(34)18-24-12-15-27(16-13-24)39-19-29(35)33-22(3)25-9-7-6-8-10-25/h6-18,22H,19H2,1-5H3,(H,33,35)/b28-18-/t22-/m1/s1. The van der Waals surface area contributed by atoms with Gasteiger partial charge >= 0.3 is 5.97 Å². The van der Waals surface area contributed by atoms with Crippen molar-refractivity contribution in [2.24, 2.45) is 0 Å². The Balaban J connectivity index is 1.51. The normalized spacial score (nSPS) is 14.9. The maximum absolute atomic E-state index is 13.4. The van der Waals surface area contributed by atoms with Gasteiger partial charge in [0, 0.05) is 11.4 Å². The van der Waals surface area contributed by atoms with Crippen LogP contribution in [0.4, 0.5) is 5.69 Å². The lowest BCUT2D eigenvalue weighted by atomic mass is 10.1. The summed E-state index contributed by atoms with van der Waals surface area (Å²) in [6, 6.07) is 22.5. The number of amides is 1. The van der Waals surface area contributed by atoms with Crippen LogP contribution in [0.1, 0.15) is 42.1 Å². The van der Waals surface area contributed by atoms with Crippen LogP contribution in [0.25, 0.3) is 6.08 Å². The predicted molar refractivity (Wildman–Crippen MR) is 151 cm³/mol. The summed E-state index contributed by atoms with van der Waals surface area (Å²) in [5, 5.41) is 2.92. The fourth-order valence-electron chi connectivity index (χ4n) is 4.43. The van der Waals surface area contributed by atoms with Crippen LogP contribution in [0, 0.1) is 13.8 Å². The zero-order valence-electron chi connectivity index (χ0n) is 22.8. The summed E-state index contributed by atoms with van der Waals surface area (Å²) in [6.07, 6.45) is 1.73. The first-order valence-corrected chi connectivity index (χ1v) is 12.7. The molecule has 3 aromatic rings. The minimum atomic E-state index is -0.668. The number of Topliss-reactive ketones (excluding diaryl/α,β-unsaturated/α-hetero) is 1. The zero-order valence-corrected chi connectivity index (χ0v) is 22.8. The molecule has 7 heteroatoms. The number of nitrogens with one attached hydrogen (secondary N) is 1. The van der Waals surface area contributed by atoms with Gasteiger partial charge in [0.15, 0.2) is 6.61 Å². The molecule has 0 fully saturated rings. The van der Waals surface area contributed by atoms with E-state index in [0.29, 0.717) is 17.1 Å². The predicted octanol–water partition coefficient (Wildman–Crippen LogP) is 5.44. The maximum atomic E-state index is 13.4. The Morgan fingerprint density at radius 3 is 2.28 bits per heavy atom. The number of hydrogen-bond donors (Lipinski definition) is 1. The average molecular weight is 525 g/mol. The van der Waals surface area contributed by atoms with Gasteiger partial charge in [0.1, 0.15) is 11.3 Å². The number of hydrogen-bond acceptors (Lipinski definition) is 6. The summed E-state index contributed by atoms with van der Waals surface area (Å²) in [7, 11) is 1.26. The molecule has 200 valence electrons. The molecule has 1 aliphatic rings. The van der Waals surface area contributed by atoms with E-state index in [9.17, 15) is 14.4 Å². The fraction of sp³-hybridized carbons (Fsp3) is 0.219. The molecule has 0 bridgehead atoms. The number of esters is 1. The summed E-state index contributed by atoms with van der Waals surface area (Å²) in [4.78, 5) is 39.9. The highest BCUT2D eigenvalue weighted by atomic mass is 16.5. The van der Waals surface area contributed by atoms with Gasteiger partial charge in [0.25, 0.3) is 5.91 Å². The van der Waals surface area contributed by atoms with Crippen LogP contribution in [0.15, 0.2) is 89.8 Å². The number of anilines is 1. The molecule has 0 saturated heterocycles. The Labute approximate surface area is 228 Å². The second-order valence-corrected chi connectivity index (χ2v) is 9.47. The topological polar surface area (TPSA) is 84.9 Å². The van der Waals surface area contributed by atoms with E-state index in [-0.39, 0.29) is 24.1 Å². The van der Waals surface area contributed by atoms with Crippen molar-refractivity contribution in [1.82, 2.24) is 5.32 Å². The van der Waals surface area contributed by atoms with E-state index < -0.39 is 11.8 Å². The molecule has 1 amide bonds. The van der Waals surface area contributed by atoms with E-state index >= 15 is 0 Å². The van der Waals surface area contributed by atoms with Crippen LogP contribution in [-0.4, -0.2) is 31.4 Å². The molecule has 0 unspecified atom stereocenters. The monoisotopic (exact) mass is 524 g/mol. The van der Waals surface area contributed by atoms with E-state index in [1.54, 1.807) is 42.2 Å². The Hall–Kier alpha value is -4.65. The summed E-state index contributed by atoms with van der Waals surface area (Å²) in [5.41, 5.74) is 5.60. The van der Waals surface area contributed by atoms with Gasteiger partial charge in [-0.2, -0.15) is 0 Å². The summed E-state index contributed by atoms with van der Waals surface area (Å²) >= 11 is 0. The van der Waals surface area contributed by atoms with E-state index in [4.69, 9.17) is 9.47 Å². The van der Waals surface area contributed by atoms with E-state index in [1.165, 1.54) is 7.11 Å². The van der Waals surface area contributed by atoms with Gasteiger partial charge in [-0.1, -0.05) is 48.5 Å². The maximum Gasteiger partial charge on any atom is 0.343 e. The van der Waals surface area contributed by atoms with Crippen LogP contribution in [-0.2, 0) is 19.1 Å². The van der Waals surface area contributed by atoms with Crippen molar-refractivity contribution in [3.8, 4) is 5.75 Å². The number of aryl methyl sites for hydroxylation is 2. The molecule has 0 spiro atoms. The van der Waals surface area contributed by atoms with Gasteiger partial charge in [-0.25, -0.2) is 4.79 Å². The van der Waals surface area contributed by atoms with Crippen molar-refractivity contribution in [1.29, 1.82) is 0 Å². The molecule has 1 heterocycles. The third kappa shape index (κ3) is 6.09. The van der Waals surface area contributed by atoms with Crippen molar-refractivity contribution < 1.29 is 23.9 Å². The molecule has 39 heavy (non-hydrogen) atoms. The SMILES string of the molecule is COC(=O)C1=C(C)N(c2ccc(C)c(C)c2)/C(=C\c2ccc(OCC(=O)N[C@H](C)c3ccccc3)cc2)C1=O. The number of methoxy groups -OCH3 is 1. The molecule has 0 radical (unpaired) electrons. The lowest BCUT2D eigenvalue weighted by molar-refractivity contribution is -0.137. The molecular formula is C32H32N2O5.